The molecule has 74 valence electrons. The van der Waals surface area contributed by atoms with Crippen LogP contribution in [0.4, 0.5) is 0 Å². The molecule has 0 aromatic rings. The van der Waals surface area contributed by atoms with Crippen LogP contribution in [0.25, 0.3) is 0 Å². The second-order valence-corrected chi connectivity index (χ2v) is 18.4. The Labute approximate surface area is 87.2 Å². The van der Waals surface area contributed by atoms with E-state index in [1.54, 1.807) is 0 Å². The predicted molar refractivity (Wildman–Crippen MR) is 68.1 cm³/mol. The molecule has 0 bridgehead atoms. The van der Waals surface area contributed by atoms with E-state index in [2.05, 4.69) is 38.5 Å². The number of hydrogen-bond donors (Lipinski definition) is 1. The summed E-state index contributed by atoms with van der Waals surface area (Å²) in [5, 5.41) is 0.487. The van der Waals surface area contributed by atoms with Crippen LogP contribution in [0.3, 0.4) is 0 Å². The van der Waals surface area contributed by atoms with Crippen molar-refractivity contribution in [3.8, 4) is 0 Å². The van der Waals surface area contributed by atoms with Gasteiger partial charge in [0.15, 0.2) is 0 Å². The number of nitrogens with one attached hydrogen (secondary N) is 1. The molecule has 0 radical (unpaired) electrons. The number of rotatable bonds is 3. The van der Waals surface area contributed by atoms with E-state index in [4.69, 9.17) is 11.1 Å². The average molecular weight is 240 g/mol. The molecule has 0 amide bonds. The van der Waals surface area contributed by atoms with Gasteiger partial charge in [0.25, 0.3) is 0 Å². The standard InChI is InChI=1S/C7H22ClNSi3/c1-7(2,3)11(9-10)6-12(4,5)8/h9,11H,6H2,1-5,10H3. The molecule has 0 saturated carbocycles. The molecule has 0 fully saturated rings. The number of hydrogen-bond acceptors (Lipinski definition) is 1. The SMILES string of the molecule is CC(C)(C)[SiH](C[Si](C)(C)Cl)N[SiH3]. The molecule has 0 heterocycles. The molecule has 1 N–H and O–H groups in total. The highest BCUT2D eigenvalue weighted by molar-refractivity contribution is 7.22. The molecule has 0 aliphatic heterocycles. The summed E-state index contributed by atoms with van der Waals surface area (Å²) < 4.78 is 3.63. The maximum Gasteiger partial charge on any atom is 0.148 e. The van der Waals surface area contributed by atoms with E-state index in [0.717, 1.165) is 10.4 Å². The third kappa shape index (κ3) is 5.53. The van der Waals surface area contributed by atoms with Gasteiger partial charge in [0.05, 0.1) is 10.4 Å². The summed E-state index contributed by atoms with van der Waals surface area (Å²) in [5.41, 5.74) is 1.31. The van der Waals surface area contributed by atoms with Crippen LogP contribution in [0.1, 0.15) is 20.8 Å². The molecular formula is C7H22ClNSi3. The highest BCUT2D eigenvalue weighted by Crippen LogP contribution is 2.30. The highest BCUT2D eigenvalue weighted by Gasteiger charge is 2.31. The molecule has 1 unspecified atom stereocenters. The lowest BCUT2D eigenvalue weighted by Gasteiger charge is -2.32. The monoisotopic (exact) mass is 239 g/mol. The third-order valence-electron chi connectivity index (χ3n) is 2.08. The Morgan fingerprint density at radius 1 is 1.42 bits per heavy atom. The molecule has 5 heteroatoms. The van der Waals surface area contributed by atoms with Crippen molar-refractivity contribution in [1.29, 1.82) is 0 Å². The summed E-state index contributed by atoms with van der Waals surface area (Å²) >= 11 is 6.36. The van der Waals surface area contributed by atoms with E-state index in [-0.39, 0.29) is 0 Å². The Balaban J connectivity index is 4.20. The summed E-state index contributed by atoms with van der Waals surface area (Å²) in [5.74, 6) is 0. The lowest BCUT2D eigenvalue weighted by Crippen LogP contribution is -2.45. The van der Waals surface area contributed by atoms with Gasteiger partial charge in [-0.1, -0.05) is 33.9 Å². The third-order valence-corrected chi connectivity index (χ3v) is 13.9. The summed E-state index contributed by atoms with van der Waals surface area (Å²) in [7, 11) is -1.02. The average Bonchev–Trinajstić information content (AvgIpc) is 1.78. The van der Waals surface area contributed by atoms with E-state index >= 15 is 0 Å². The zero-order chi connectivity index (χ0) is 9.99. The second-order valence-electron chi connectivity index (χ2n) is 5.13. The maximum absolute atomic E-state index is 6.36. The molecule has 0 saturated heterocycles. The van der Waals surface area contributed by atoms with Crippen LogP contribution in [0, 0.1) is 0 Å². The van der Waals surface area contributed by atoms with Gasteiger partial charge < -0.3 is 4.65 Å². The Kier molecular flexibility index (Phi) is 4.74. The van der Waals surface area contributed by atoms with Crippen LogP contribution in [-0.4, -0.2) is 26.7 Å². The van der Waals surface area contributed by atoms with Crippen LogP contribution in [0.5, 0.6) is 0 Å². The van der Waals surface area contributed by atoms with Gasteiger partial charge in [0, 0.05) is 0 Å². The van der Waals surface area contributed by atoms with E-state index < -0.39 is 16.3 Å². The van der Waals surface area contributed by atoms with Gasteiger partial charge in [-0.15, -0.1) is 0 Å². The van der Waals surface area contributed by atoms with E-state index in [1.165, 1.54) is 5.67 Å². The van der Waals surface area contributed by atoms with Gasteiger partial charge in [-0.3, -0.25) is 0 Å². The first-order valence-electron chi connectivity index (χ1n) is 4.53. The highest BCUT2D eigenvalue weighted by atomic mass is 35.6. The van der Waals surface area contributed by atoms with Gasteiger partial charge in [0.2, 0.25) is 0 Å². The van der Waals surface area contributed by atoms with E-state index in [1.807, 2.05) is 0 Å². The quantitative estimate of drug-likeness (QED) is 0.580. The summed E-state index contributed by atoms with van der Waals surface area (Å²) in [6, 6.07) is 0. The van der Waals surface area contributed by atoms with E-state index in [0.29, 0.717) is 5.04 Å². The Hall–Kier alpha value is 0.901. The molecule has 1 atom stereocenters. The molecule has 12 heavy (non-hydrogen) atoms. The van der Waals surface area contributed by atoms with Crippen LogP contribution < -0.4 is 4.65 Å². The van der Waals surface area contributed by atoms with Crippen molar-refractivity contribution in [2.24, 2.45) is 0 Å². The van der Waals surface area contributed by atoms with E-state index in [9.17, 15) is 0 Å². The van der Waals surface area contributed by atoms with Crippen molar-refractivity contribution in [2.75, 3.05) is 0 Å². The largest absolute Gasteiger partial charge is 0.369 e. The maximum atomic E-state index is 6.36. The van der Waals surface area contributed by atoms with Crippen molar-refractivity contribution in [3.05, 3.63) is 0 Å². The first kappa shape index (κ1) is 12.9. The fraction of sp³-hybridized carbons (Fsp3) is 1.00. The zero-order valence-electron chi connectivity index (χ0n) is 9.16. The van der Waals surface area contributed by atoms with Crippen molar-refractivity contribution in [2.45, 2.75) is 44.6 Å². The van der Waals surface area contributed by atoms with Gasteiger partial charge >= 0.3 is 0 Å². The Morgan fingerprint density at radius 3 is 1.92 bits per heavy atom. The molecule has 0 rings (SSSR count). The van der Waals surface area contributed by atoms with Crippen LogP contribution in [0.15, 0.2) is 0 Å². The zero-order valence-corrected chi connectivity index (χ0v) is 14.1. The van der Waals surface area contributed by atoms with Crippen LogP contribution in [-0.2, 0) is 0 Å². The molecule has 0 aliphatic rings. The minimum atomic E-state index is -1.36. The number of halogens is 1. The van der Waals surface area contributed by atoms with Crippen LogP contribution >= 0.6 is 11.1 Å². The van der Waals surface area contributed by atoms with Crippen molar-refractivity contribution < 1.29 is 0 Å². The van der Waals surface area contributed by atoms with Crippen molar-refractivity contribution >= 4 is 37.8 Å². The fourth-order valence-electron chi connectivity index (χ4n) is 1.33. The Bertz CT molecular complexity index is 139. The second kappa shape index (κ2) is 4.41. The molecule has 0 spiro atoms. The van der Waals surface area contributed by atoms with Crippen molar-refractivity contribution in [3.63, 3.8) is 0 Å². The summed E-state index contributed by atoms with van der Waals surface area (Å²) in [6.45, 7) is 11.5. The normalized spacial score (nSPS) is 16.5. The molecule has 1 nitrogen and oxygen atoms in total. The molecular weight excluding hydrogens is 218 g/mol. The van der Waals surface area contributed by atoms with Gasteiger partial charge in [-0.25, -0.2) is 0 Å². The summed E-state index contributed by atoms with van der Waals surface area (Å²) in [4.78, 5) is 0. The minimum absolute atomic E-state index is 0.487. The molecule has 0 aromatic heterocycles. The fourth-order valence-corrected chi connectivity index (χ4v) is 15.2. The van der Waals surface area contributed by atoms with Crippen molar-refractivity contribution in [1.82, 2.24) is 4.65 Å². The predicted octanol–water partition coefficient (Wildman–Crippen LogP) is 1.36. The molecule has 0 aromatic carbocycles. The lowest BCUT2D eigenvalue weighted by molar-refractivity contribution is 0.729. The molecule has 0 aliphatic carbocycles. The van der Waals surface area contributed by atoms with Crippen LogP contribution in [0.2, 0.25) is 23.8 Å². The first-order valence-corrected chi connectivity index (χ1v) is 11.7. The smallest absolute Gasteiger partial charge is 0.148 e. The topological polar surface area (TPSA) is 12.0 Å². The summed E-state index contributed by atoms with van der Waals surface area (Å²) in [6.07, 6.45) is 0. The van der Waals surface area contributed by atoms with Gasteiger partial charge in [-0.2, -0.15) is 11.1 Å². The van der Waals surface area contributed by atoms with Gasteiger partial charge in [0.1, 0.15) is 16.3 Å². The lowest BCUT2D eigenvalue weighted by atomic mass is 10.3. The first-order chi connectivity index (χ1) is 5.17. The Morgan fingerprint density at radius 2 is 1.83 bits per heavy atom. The minimum Gasteiger partial charge on any atom is -0.369 e. The van der Waals surface area contributed by atoms with Gasteiger partial charge in [-0.05, 0) is 10.7 Å².